The molecule has 2 aromatic heterocycles. The molecule has 0 fully saturated rings. The van der Waals surface area contributed by atoms with Crippen LogP contribution in [0.3, 0.4) is 0 Å². The molecular formula is C17H14Cl2N2O2S. The summed E-state index contributed by atoms with van der Waals surface area (Å²) in [7, 11) is 0. The van der Waals surface area contributed by atoms with Gasteiger partial charge in [-0.25, -0.2) is 4.98 Å². The number of halogens is 2. The third-order valence-corrected chi connectivity index (χ3v) is 4.67. The van der Waals surface area contributed by atoms with E-state index in [1.807, 2.05) is 35.7 Å². The molecule has 1 aromatic carbocycles. The number of rotatable bonds is 6. The zero-order chi connectivity index (χ0) is 16.9. The van der Waals surface area contributed by atoms with Crippen LogP contribution in [0.15, 0.2) is 52.5 Å². The van der Waals surface area contributed by atoms with Gasteiger partial charge in [0.05, 0.1) is 18.5 Å². The summed E-state index contributed by atoms with van der Waals surface area (Å²) in [6, 6.07) is 11.1. The molecular weight excluding hydrogens is 367 g/mol. The molecule has 24 heavy (non-hydrogen) atoms. The molecule has 0 N–H and O–H groups in total. The van der Waals surface area contributed by atoms with Gasteiger partial charge in [0.1, 0.15) is 5.76 Å². The second-order valence-electron chi connectivity index (χ2n) is 5.02. The van der Waals surface area contributed by atoms with E-state index in [1.165, 1.54) is 11.3 Å². The van der Waals surface area contributed by atoms with E-state index in [-0.39, 0.29) is 18.2 Å². The zero-order valence-electron chi connectivity index (χ0n) is 12.6. The maximum Gasteiger partial charge on any atom is 0.230 e. The van der Waals surface area contributed by atoms with E-state index in [1.54, 1.807) is 17.2 Å². The van der Waals surface area contributed by atoms with E-state index >= 15 is 0 Å². The van der Waals surface area contributed by atoms with Crippen molar-refractivity contribution in [3.05, 3.63) is 58.8 Å². The van der Waals surface area contributed by atoms with Gasteiger partial charge in [0, 0.05) is 28.3 Å². The van der Waals surface area contributed by atoms with Gasteiger partial charge in [0.25, 0.3) is 0 Å². The molecule has 7 heteroatoms. The van der Waals surface area contributed by atoms with Crippen LogP contribution in [0, 0.1) is 0 Å². The van der Waals surface area contributed by atoms with Crippen molar-refractivity contribution < 1.29 is 9.21 Å². The highest BCUT2D eigenvalue weighted by atomic mass is 35.5. The van der Waals surface area contributed by atoms with Crippen molar-refractivity contribution in [2.45, 2.75) is 13.0 Å². The van der Waals surface area contributed by atoms with Gasteiger partial charge in [0.15, 0.2) is 5.13 Å². The van der Waals surface area contributed by atoms with Gasteiger partial charge < -0.3 is 4.42 Å². The molecule has 3 rings (SSSR count). The van der Waals surface area contributed by atoms with E-state index in [9.17, 15) is 4.79 Å². The minimum atomic E-state index is -0.0848. The molecule has 0 radical (unpaired) electrons. The number of thiazole rings is 1. The van der Waals surface area contributed by atoms with Crippen LogP contribution in [-0.4, -0.2) is 16.8 Å². The Morgan fingerprint density at radius 3 is 2.71 bits per heavy atom. The molecule has 0 atom stereocenters. The molecule has 0 saturated carbocycles. The summed E-state index contributed by atoms with van der Waals surface area (Å²) < 4.78 is 5.35. The Kier molecular flexibility index (Phi) is 5.56. The first-order valence-corrected chi connectivity index (χ1v) is 9.07. The number of hydrogen-bond donors (Lipinski definition) is 0. The molecule has 3 aromatic rings. The molecule has 0 spiro atoms. The van der Waals surface area contributed by atoms with Crippen molar-refractivity contribution in [2.24, 2.45) is 0 Å². The fraction of sp³-hybridized carbons (Fsp3) is 0.176. The van der Waals surface area contributed by atoms with E-state index in [0.717, 1.165) is 11.3 Å². The number of furan rings is 1. The standard InChI is InChI=1S/C17H14Cl2N2O2S/c18-8-7-16(22)21(10-14-2-1-9-23-14)17-20-15(11-24-17)12-3-5-13(19)6-4-12/h1-6,9,11H,7-8,10H2. The smallest absolute Gasteiger partial charge is 0.230 e. The van der Waals surface area contributed by atoms with Crippen LogP contribution in [0.1, 0.15) is 12.2 Å². The quantitative estimate of drug-likeness (QED) is 0.550. The van der Waals surface area contributed by atoms with Crippen LogP contribution in [0.5, 0.6) is 0 Å². The highest BCUT2D eigenvalue weighted by Crippen LogP contribution is 2.29. The first-order valence-electron chi connectivity index (χ1n) is 7.27. The Morgan fingerprint density at radius 2 is 2.04 bits per heavy atom. The van der Waals surface area contributed by atoms with E-state index in [2.05, 4.69) is 4.98 Å². The maximum atomic E-state index is 12.4. The first-order chi connectivity index (χ1) is 11.7. The van der Waals surface area contributed by atoms with Crippen LogP contribution in [0.25, 0.3) is 11.3 Å². The van der Waals surface area contributed by atoms with Crippen molar-refractivity contribution in [3.8, 4) is 11.3 Å². The largest absolute Gasteiger partial charge is 0.467 e. The Balaban J connectivity index is 1.87. The lowest BCUT2D eigenvalue weighted by atomic mass is 10.2. The fourth-order valence-corrected chi connectivity index (χ4v) is 3.32. The first kappa shape index (κ1) is 17.0. The van der Waals surface area contributed by atoms with Crippen molar-refractivity contribution in [1.29, 1.82) is 0 Å². The number of hydrogen-bond acceptors (Lipinski definition) is 4. The van der Waals surface area contributed by atoms with Gasteiger partial charge in [-0.3, -0.25) is 9.69 Å². The number of nitrogens with zero attached hydrogens (tertiary/aromatic N) is 2. The molecule has 0 saturated heterocycles. The topological polar surface area (TPSA) is 46.3 Å². The SMILES string of the molecule is O=C(CCCl)N(Cc1ccco1)c1nc(-c2ccc(Cl)cc2)cs1. The fourth-order valence-electron chi connectivity index (χ4n) is 2.18. The number of anilines is 1. The minimum absolute atomic E-state index is 0.0848. The van der Waals surface area contributed by atoms with Crippen molar-refractivity contribution in [3.63, 3.8) is 0 Å². The lowest BCUT2D eigenvalue weighted by Gasteiger charge is -2.18. The van der Waals surface area contributed by atoms with Crippen LogP contribution >= 0.6 is 34.5 Å². The van der Waals surface area contributed by atoms with Crippen molar-refractivity contribution >= 4 is 45.6 Å². The van der Waals surface area contributed by atoms with Gasteiger partial charge >= 0.3 is 0 Å². The van der Waals surface area contributed by atoms with Crippen LogP contribution in [-0.2, 0) is 11.3 Å². The lowest BCUT2D eigenvalue weighted by Crippen LogP contribution is -2.30. The summed E-state index contributed by atoms with van der Waals surface area (Å²) >= 11 is 13.1. The van der Waals surface area contributed by atoms with E-state index < -0.39 is 0 Å². The summed E-state index contributed by atoms with van der Waals surface area (Å²) in [5.74, 6) is 0.877. The number of amides is 1. The Bertz CT molecular complexity index is 800. The number of alkyl halides is 1. The minimum Gasteiger partial charge on any atom is -0.467 e. The normalized spacial score (nSPS) is 10.8. The number of carbonyl (C=O) groups is 1. The van der Waals surface area contributed by atoms with Crippen molar-refractivity contribution in [2.75, 3.05) is 10.8 Å². The zero-order valence-corrected chi connectivity index (χ0v) is 14.9. The summed E-state index contributed by atoms with van der Waals surface area (Å²) in [6.07, 6.45) is 1.83. The van der Waals surface area contributed by atoms with Crippen LogP contribution in [0.4, 0.5) is 5.13 Å². The molecule has 0 aliphatic rings. The third kappa shape index (κ3) is 3.98. The molecule has 2 heterocycles. The second kappa shape index (κ2) is 7.83. The lowest BCUT2D eigenvalue weighted by molar-refractivity contribution is -0.118. The third-order valence-electron chi connectivity index (χ3n) is 3.37. The summed E-state index contributed by atoms with van der Waals surface area (Å²) in [4.78, 5) is 18.6. The molecule has 0 aliphatic heterocycles. The van der Waals surface area contributed by atoms with E-state index in [4.69, 9.17) is 27.6 Å². The number of aromatic nitrogens is 1. The predicted molar refractivity (Wildman–Crippen MR) is 97.8 cm³/mol. The van der Waals surface area contributed by atoms with Crippen molar-refractivity contribution in [1.82, 2.24) is 4.98 Å². The van der Waals surface area contributed by atoms with Gasteiger partial charge in [0.2, 0.25) is 5.91 Å². The highest BCUT2D eigenvalue weighted by molar-refractivity contribution is 7.14. The maximum absolute atomic E-state index is 12.4. The predicted octanol–water partition coefficient (Wildman–Crippen LogP) is 5.22. The Hall–Kier alpha value is -1.82. The Labute approximate surface area is 153 Å². The molecule has 0 unspecified atom stereocenters. The summed E-state index contributed by atoms with van der Waals surface area (Å²) in [6.45, 7) is 0.330. The highest BCUT2D eigenvalue weighted by Gasteiger charge is 2.20. The molecule has 4 nitrogen and oxygen atoms in total. The Morgan fingerprint density at radius 1 is 1.25 bits per heavy atom. The molecule has 1 amide bonds. The number of carbonyl (C=O) groups excluding carboxylic acids is 1. The number of benzene rings is 1. The van der Waals surface area contributed by atoms with Gasteiger partial charge in [-0.2, -0.15) is 0 Å². The van der Waals surface area contributed by atoms with Gasteiger partial charge in [-0.1, -0.05) is 23.7 Å². The van der Waals surface area contributed by atoms with E-state index in [0.29, 0.717) is 22.5 Å². The average Bonchev–Trinajstić information content (AvgIpc) is 3.25. The molecule has 124 valence electrons. The summed E-state index contributed by atoms with van der Waals surface area (Å²) in [5.41, 5.74) is 1.75. The van der Waals surface area contributed by atoms with Gasteiger partial charge in [-0.15, -0.1) is 22.9 Å². The summed E-state index contributed by atoms with van der Waals surface area (Å²) in [5, 5.41) is 3.21. The second-order valence-corrected chi connectivity index (χ2v) is 6.67. The van der Waals surface area contributed by atoms with Gasteiger partial charge in [-0.05, 0) is 24.3 Å². The average molecular weight is 381 g/mol. The molecule has 0 bridgehead atoms. The molecule has 0 aliphatic carbocycles. The monoisotopic (exact) mass is 380 g/mol. The van der Waals surface area contributed by atoms with Crippen LogP contribution < -0.4 is 4.90 Å². The van der Waals surface area contributed by atoms with Crippen LogP contribution in [0.2, 0.25) is 5.02 Å².